The molecule has 0 amide bonds. The Balaban J connectivity index is 2.02. The van der Waals surface area contributed by atoms with Crippen LogP contribution in [0.4, 0.5) is 0 Å². The normalized spacial score (nSPS) is 11.5. The third-order valence-electron chi connectivity index (χ3n) is 4.43. The lowest BCUT2D eigenvalue weighted by Crippen LogP contribution is -2.09. The first-order valence-corrected chi connectivity index (χ1v) is 8.65. The van der Waals surface area contributed by atoms with Gasteiger partial charge in [0.15, 0.2) is 5.65 Å². The Morgan fingerprint density at radius 3 is 2.64 bits per heavy atom. The minimum absolute atomic E-state index is 0.330. The van der Waals surface area contributed by atoms with Gasteiger partial charge in [0, 0.05) is 36.1 Å². The molecule has 0 aliphatic rings. The number of fused-ring (bicyclic) bond motifs is 1. The standard InChI is InChI=1S/C20H21N5/c1-4-18-21-10-11-24(18)19-12-17(14(2)3)23-20-16(13-22-25(19)20)15-8-6-5-7-9-15/h5-14H,4H2,1-3H3. The van der Waals surface area contributed by atoms with E-state index in [1.165, 1.54) is 0 Å². The zero-order valence-corrected chi connectivity index (χ0v) is 14.7. The van der Waals surface area contributed by atoms with Gasteiger partial charge in [0.2, 0.25) is 0 Å². The monoisotopic (exact) mass is 331 g/mol. The largest absolute Gasteiger partial charge is 0.288 e. The summed E-state index contributed by atoms with van der Waals surface area (Å²) in [6, 6.07) is 12.4. The number of rotatable bonds is 4. The van der Waals surface area contributed by atoms with Crippen molar-refractivity contribution in [2.75, 3.05) is 0 Å². The molecule has 0 aliphatic heterocycles. The molecular formula is C20H21N5. The summed E-state index contributed by atoms with van der Waals surface area (Å²) in [5.41, 5.74) is 4.10. The maximum atomic E-state index is 4.90. The lowest BCUT2D eigenvalue weighted by atomic mass is 10.1. The first kappa shape index (κ1) is 15.6. The van der Waals surface area contributed by atoms with Gasteiger partial charge >= 0.3 is 0 Å². The van der Waals surface area contributed by atoms with E-state index in [2.05, 4.69) is 53.6 Å². The molecule has 0 radical (unpaired) electrons. The van der Waals surface area contributed by atoms with Gasteiger partial charge in [-0.05, 0) is 11.5 Å². The Labute approximate surface area is 147 Å². The minimum atomic E-state index is 0.330. The lowest BCUT2D eigenvalue weighted by molar-refractivity contribution is 0.770. The third kappa shape index (κ3) is 2.61. The van der Waals surface area contributed by atoms with Crippen LogP contribution in [-0.4, -0.2) is 24.1 Å². The number of aryl methyl sites for hydroxylation is 1. The van der Waals surface area contributed by atoms with Crippen LogP contribution in [0.3, 0.4) is 0 Å². The van der Waals surface area contributed by atoms with Crippen molar-refractivity contribution in [3.05, 3.63) is 66.5 Å². The number of imidazole rings is 1. The highest BCUT2D eigenvalue weighted by atomic mass is 15.3. The van der Waals surface area contributed by atoms with Crippen LogP contribution in [0.25, 0.3) is 22.6 Å². The molecule has 0 aliphatic carbocycles. The van der Waals surface area contributed by atoms with E-state index in [1.54, 1.807) is 0 Å². The number of benzene rings is 1. The summed E-state index contributed by atoms with van der Waals surface area (Å²) in [6.45, 7) is 6.44. The molecule has 5 heteroatoms. The highest BCUT2D eigenvalue weighted by molar-refractivity contribution is 5.77. The van der Waals surface area contributed by atoms with Gasteiger partial charge in [0.25, 0.3) is 0 Å². The second-order valence-electron chi connectivity index (χ2n) is 6.42. The van der Waals surface area contributed by atoms with Gasteiger partial charge in [0.1, 0.15) is 11.6 Å². The maximum Gasteiger partial charge on any atom is 0.165 e. The van der Waals surface area contributed by atoms with Crippen LogP contribution >= 0.6 is 0 Å². The van der Waals surface area contributed by atoms with E-state index < -0.39 is 0 Å². The van der Waals surface area contributed by atoms with Gasteiger partial charge < -0.3 is 0 Å². The molecule has 0 N–H and O–H groups in total. The van der Waals surface area contributed by atoms with Crippen LogP contribution in [0, 0.1) is 0 Å². The van der Waals surface area contributed by atoms with Crippen LogP contribution in [0.5, 0.6) is 0 Å². The van der Waals surface area contributed by atoms with Crippen molar-refractivity contribution in [3.63, 3.8) is 0 Å². The van der Waals surface area contributed by atoms with Gasteiger partial charge in [-0.3, -0.25) is 4.57 Å². The van der Waals surface area contributed by atoms with Crippen LogP contribution in [0.15, 0.2) is 55.0 Å². The summed E-state index contributed by atoms with van der Waals surface area (Å²) in [7, 11) is 0. The Kier molecular flexibility index (Phi) is 3.84. The third-order valence-corrected chi connectivity index (χ3v) is 4.43. The molecular weight excluding hydrogens is 310 g/mol. The van der Waals surface area contributed by atoms with Gasteiger partial charge in [0.05, 0.1) is 6.20 Å². The highest BCUT2D eigenvalue weighted by Crippen LogP contribution is 2.27. The van der Waals surface area contributed by atoms with Crippen LogP contribution < -0.4 is 0 Å². The topological polar surface area (TPSA) is 48.0 Å². The predicted molar refractivity (Wildman–Crippen MR) is 99.0 cm³/mol. The molecule has 4 rings (SSSR count). The summed E-state index contributed by atoms with van der Waals surface area (Å²) >= 11 is 0. The quantitative estimate of drug-likeness (QED) is 0.561. The predicted octanol–water partition coefficient (Wildman–Crippen LogP) is 4.27. The number of hydrogen-bond donors (Lipinski definition) is 0. The van der Waals surface area contributed by atoms with Gasteiger partial charge in [-0.15, -0.1) is 0 Å². The average Bonchev–Trinajstić information content (AvgIpc) is 3.28. The van der Waals surface area contributed by atoms with Crippen LogP contribution in [0.1, 0.15) is 38.2 Å². The summed E-state index contributed by atoms with van der Waals surface area (Å²) in [4.78, 5) is 9.36. The molecule has 0 saturated carbocycles. The van der Waals surface area contributed by atoms with E-state index in [-0.39, 0.29) is 0 Å². The molecule has 0 bridgehead atoms. The first-order valence-electron chi connectivity index (χ1n) is 8.65. The Bertz CT molecular complexity index is 1010. The fourth-order valence-electron chi connectivity index (χ4n) is 3.06. The second-order valence-corrected chi connectivity index (χ2v) is 6.42. The van der Waals surface area contributed by atoms with Gasteiger partial charge in [-0.25, -0.2) is 9.97 Å². The average molecular weight is 331 g/mol. The van der Waals surface area contributed by atoms with Crippen LogP contribution in [0.2, 0.25) is 0 Å². The second kappa shape index (κ2) is 6.16. The fourth-order valence-corrected chi connectivity index (χ4v) is 3.06. The van der Waals surface area contributed by atoms with E-state index in [4.69, 9.17) is 4.98 Å². The molecule has 0 atom stereocenters. The molecule has 4 aromatic rings. The Morgan fingerprint density at radius 2 is 1.92 bits per heavy atom. The van der Waals surface area contributed by atoms with Crippen molar-refractivity contribution in [3.8, 4) is 16.9 Å². The van der Waals surface area contributed by atoms with Crippen molar-refractivity contribution in [2.45, 2.75) is 33.1 Å². The van der Waals surface area contributed by atoms with Crippen molar-refractivity contribution < 1.29 is 0 Å². The van der Waals surface area contributed by atoms with Crippen molar-refractivity contribution in [2.24, 2.45) is 0 Å². The SMILES string of the molecule is CCc1nccn1-c1cc(C(C)C)nc2c(-c3ccccc3)cnn12. The summed E-state index contributed by atoms with van der Waals surface area (Å²) in [6.07, 6.45) is 6.58. The molecule has 25 heavy (non-hydrogen) atoms. The zero-order valence-electron chi connectivity index (χ0n) is 14.7. The molecule has 126 valence electrons. The molecule has 0 fully saturated rings. The lowest BCUT2D eigenvalue weighted by Gasteiger charge is -2.13. The van der Waals surface area contributed by atoms with Gasteiger partial charge in [-0.2, -0.15) is 9.61 Å². The number of hydrogen-bond acceptors (Lipinski definition) is 3. The molecule has 5 nitrogen and oxygen atoms in total. The van der Waals surface area contributed by atoms with Crippen molar-refractivity contribution >= 4 is 5.65 Å². The molecule has 1 aromatic carbocycles. The van der Waals surface area contributed by atoms with E-state index in [0.29, 0.717) is 5.92 Å². The van der Waals surface area contributed by atoms with Gasteiger partial charge in [-0.1, -0.05) is 51.1 Å². The van der Waals surface area contributed by atoms with E-state index in [9.17, 15) is 0 Å². The van der Waals surface area contributed by atoms with E-state index in [1.807, 2.05) is 41.3 Å². The first-order chi connectivity index (χ1) is 12.2. The van der Waals surface area contributed by atoms with Crippen LogP contribution in [-0.2, 0) is 6.42 Å². The van der Waals surface area contributed by atoms with E-state index in [0.717, 1.165) is 40.5 Å². The number of nitrogens with zero attached hydrogens (tertiary/aromatic N) is 5. The zero-order chi connectivity index (χ0) is 17.4. The molecule has 3 aromatic heterocycles. The summed E-state index contributed by atoms with van der Waals surface area (Å²) in [5, 5.41) is 4.63. The molecule has 0 saturated heterocycles. The van der Waals surface area contributed by atoms with Crippen molar-refractivity contribution in [1.82, 2.24) is 24.1 Å². The summed E-state index contributed by atoms with van der Waals surface area (Å²) in [5.74, 6) is 2.32. The fraction of sp³-hybridized carbons (Fsp3) is 0.250. The minimum Gasteiger partial charge on any atom is -0.288 e. The van der Waals surface area contributed by atoms with E-state index >= 15 is 0 Å². The number of aromatic nitrogens is 5. The molecule has 0 unspecified atom stereocenters. The van der Waals surface area contributed by atoms with Crippen molar-refractivity contribution in [1.29, 1.82) is 0 Å². The Morgan fingerprint density at radius 1 is 1.12 bits per heavy atom. The Hall–Kier alpha value is -2.95. The maximum absolute atomic E-state index is 4.90. The smallest absolute Gasteiger partial charge is 0.165 e. The molecule has 0 spiro atoms. The summed E-state index contributed by atoms with van der Waals surface area (Å²) < 4.78 is 4.01. The highest BCUT2D eigenvalue weighted by Gasteiger charge is 2.16. The molecule has 3 heterocycles.